The average molecular weight is 527 g/mol. The molecule has 0 bridgehead atoms. The average Bonchev–Trinajstić information content (AvgIpc) is 2.76. The molecule has 0 aromatic carbocycles. The first-order valence-corrected chi connectivity index (χ1v) is 12.3. The van der Waals surface area contributed by atoms with E-state index in [1.165, 1.54) is 77.0 Å². The topological polar surface area (TPSA) is 225 Å². The molecule has 0 radical (unpaired) electrons. The van der Waals surface area contributed by atoms with Gasteiger partial charge in [0.05, 0.1) is 0 Å². The van der Waals surface area contributed by atoms with E-state index in [1.807, 2.05) is 0 Å². The summed E-state index contributed by atoms with van der Waals surface area (Å²) in [4.78, 5) is 27.6. The largest absolute Gasteiger partial charge is 2.00 e. The molecule has 0 aromatic heterocycles. The molecule has 11 heteroatoms. The van der Waals surface area contributed by atoms with Crippen LogP contribution in [0.15, 0.2) is 0 Å². The summed E-state index contributed by atoms with van der Waals surface area (Å²) in [5, 5.41) is 19.3. The quantitative estimate of drug-likeness (QED) is 0.0992. The van der Waals surface area contributed by atoms with Crippen molar-refractivity contribution in [2.24, 2.45) is 0 Å². The Morgan fingerprint density at radius 2 is 0.657 bits per heavy atom. The SMILES string of the molecule is CCCCCCCCCCCC(=O)O[O-].CCCCCCCCCCCC(=O)O[O-].O.O.O.O.[Mg+2]. The van der Waals surface area contributed by atoms with Crippen LogP contribution in [0.25, 0.3) is 0 Å². The number of carbonyl (C=O) groups is 2. The second kappa shape index (κ2) is 46.8. The molecular formula is C24H54MgO10. The fraction of sp³-hybridized carbons (Fsp3) is 0.917. The Labute approximate surface area is 228 Å². The summed E-state index contributed by atoms with van der Waals surface area (Å²) in [5.74, 6) is -1.25. The first kappa shape index (κ1) is 51.2. The Bertz CT molecular complexity index is 340. The third-order valence-electron chi connectivity index (χ3n) is 5.15. The van der Waals surface area contributed by atoms with E-state index in [2.05, 4.69) is 23.6 Å². The van der Waals surface area contributed by atoms with Crippen LogP contribution < -0.4 is 10.5 Å². The molecule has 0 saturated carbocycles. The molecule has 8 N–H and O–H groups in total. The van der Waals surface area contributed by atoms with Gasteiger partial charge in [0.15, 0.2) is 0 Å². The molecule has 0 spiro atoms. The smallest absolute Gasteiger partial charge is 0.662 e. The van der Waals surface area contributed by atoms with E-state index in [4.69, 9.17) is 0 Å². The van der Waals surface area contributed by atoms with E-state index in [-0.39, 0.29) is 57.8 Å². The number of rotatable bonds is 20. The van der Waals surface area contributed by atoms with Gasteiger partial charge in [0.25, 0.3) is 11.9 Å². The van der Waals surface area contributed by atoms with E-state index in [0.717, 1.165) is 38.5 Å². The van der Waals surface area contributed by atoms with Crippen LogP contribution in [0.1, 0.15) is 142 Å². The summed E-state index contributed by atoms with van der Waals surface area (Å²) >= 11 is 0. The summed E-state index contributed by atoms with van der Waals surface area (Å²) in [6.07, 6.45) is 22.2. The molecule has 10 nitrogen and oxygen atoms in total. The molecule has 0 fully saturated rings. The van der Waals surface area contributed by atoms with Crippen LogP contribution >= 0.6 is 0 Å². The van der Waals surface area contributed by atoms with Crippen molar-refractivity contribution in [2.75, 3.05) is 0 Å². The van der Waals surface area contributed by atoms with Crippen molar-refractivity contribution in [2.45, 2.75) is 142 Å². The normalized spacial score (nSPS) is 8.80. The number of carbonyl (C=O) groups excluding carboxylic acids is 2. The summed E-state index contributed by atoms with van der Waals surface area (Å²) < 4.78 is 0. The van der Waals surface area contributed by atoms with Crippen molar-refractivity contribution in [3.63, 3.8) is 0 Å². The van der Waals surface area contributed by atoms with Crippen LogP contribution in [0.5, 0.6) is 0 Å². The Balaban J connectivity index is -0.0000000784. The fourth-order valence-corrected chi connectivity index (χ4v) is 3.24. The van der Waals surface area contributed by atoms with Gasteiger partial charge in [-0.15, -0.1) is 0 Å². The first-order chi connectivity index (χ1) is 14.6. The van der Waals surface area contributed by atoms with E-state index >= 15 is 0 Å². The van der Waals surface area contributed by atoms with Crippen LogP contribution in [0.4, 0.5) is 0 Å². The van der Waals surface area contributed by atoms with Crippen molar-refractivity contribution >= 4 is 35.0 Å². The second-order valence-electron chi connectivity index (χ2n) is 8.07. The van der Waals surface area contributed by atoms with Crippen LogP contribution in [0, 0.1) is 0 Å². The predicted molar refractivity (Wildman–Crippen MR) is 136 cm³/mol. The summed E-state index contributed by atoms with van der Waals surface area (Å²) in [7, 11) is 0. The molecule has 35 heavy (non-hydrogen) atoms. The minimum absolute atomic E-state index is 0. The third kappa shape index (κ3) is 51.1. The second-order valence-corrected chi connectivity index (χ2v) is 8.07. The third-order valence-corrected chi connectivity index (χ3v) is 5.15. The van der Waals surface area contributed by atoms with Gasteiger partial charge in [-0.25, -0.2) is 0 Å². The molecule has 0 heterocycles. The van der Waals surface area contributed by atoms with Crippen molar-refractivity contribution in [1.82, 2.24) is 0 Å². The zero-order valence-corrected chi connectivity index (χ0v) is 23.7. The van der Waals surface area contributed by atoms with Gasteiger partial charge in [0.2, 0.25) is 0 Å². The van der Waals surface area contributed by atoms with Gasteiger partial charge in [-0.2, -0.15) is 0 Å². The van der Waals surface area contributed by atoms with Crippen molar-refractivity contribution in [3.8, 4) is 0 Å². The van der Waals surface area contributed by atoms with Crippen molar-refractivity contribution in [3.05, 3.63) is 0 Å². The maximum Gasteiger partial charge on any atom is 2.00 e. The number of hydrogen-bond acceptors (Lipinski definition) is 6. The maximum absolute atomic E-state index is 10.5. The van der Waals surface area contributed by atoms with Gasteiger partial charge in [-0.1, -0.05) is 117 Å². The van der Waals surface area contributed by atoms with Gasteiger partial charge >= 0.3 is 23.1 Å². The Morgan fingerprint density at radius 3 is 0.857 bits per heavy atom. The zero-order valence-electron chi connectivity index (χ0n) is 22.3. The first-order valence-electron chi connectivity index (χ1n) is 12.3. The van der Waals surface area contributed by atoms with Crippen molar-refractivity contribution in [1.29, 1.82) is 0 Å². The van der Waals surface area contributed by atoms with E-state index in [0.29, 0.717) is 0 Å². The predicted octanol–water partition coefficient (Wildman–Crippen LogP) is 1.77. The standard InChI is InChI=1S/2C12H24O3.Mg.4H2O/c2*1-2-3-4-5-6-7-8-9-10-11-12(13)15-14;;;;;/h2*14H,2-11H2,1H3;;4*1H2/q;;+2;;;;/p-2. The van der Waals surface area contributed by atoms with Crippen molar-refractivity contribution < 1.29 is 51.8 Å². The Kier molecular flexibility index (Phi) is 68.4. The monoisotopic (exact) mass is 526 g/mol. The van der Waals surface area contributed by atoms with E-state index in [1.54, 1.807) is 0 Å². The number of hydrogen-bond donors (Lipinski definition) is 0. The maximum atomic E-state index is 10.5. The Morgan fingerprint density at radius 1 is 0.457 bits per heavy atom. The molecule has 0 amide bonds. The van der Waals surface area contributed by atoms with E-state index in [9.17, 15) is 20.1 Å². The fourth-order valence-electron chi connectivity index (χ4n) is 3.24. The summed E-state index contributed by atoms with van der Waals surface area (Å²) in [5.41, 5.74) is 0. The minimum Gasteiger partial charge on any atom is -0.662 e. The summed E-state index contributed by atoms with van der Waals surface area (Å²) in [6.45, 7) is 4.43. The van der Waals surface area contributed by atoms with Gasteiger partial charge in [0, 0.05) is 12.8 Å². The van der Waals surface area contributed by atoms with Crippen LogP contribution in [-0.4, -0.2) is 56.9 Å². The van der Waals surface area contributed by atoms with E-state index < -0.39 is 11.9 Å². The van der Waals surface area contributed by atoms with Crippen LogP contribution in [0.3, 0.4) is 0 Å². The molecule has 0 aliphatic carbocycles. The molecular weight excluding hydrogens is 473 g/mol. The Hall–Kier alpha value is -0.534. The minimum atomic E-state index is -0.627. The van der Waals surface area contributed by atoms with Gasteiger partial charge in [0.1, 0.15) is 0 Å². The molecule has 212 valence electrons. The molecule has 0 saturated heterocycles. The van der Waals surface area contributed by atoms with Gasteiger partial charge in [-0.3, -0.25) is 9.59 Å². The zero-order chi connectivity index (χ0) is 22.7. The number of unbranched alkanes of at least 4 members (excludes halogenated alkanes) is 16. The van der Waals surface area contributed by atoms with Gasteiger partial charge in [-0.05, 0) is 12.8 Å². The molecule has 0 atom stereocenters. The molecule has 0 aliphatic rings. The van der Waals surface area contributed by atoms with Crippen LogP contribution in [-0.2, 0) is 19.4 Å². The molecule has 0 aliphatic heterocycles. The summed E-state index contributed by atoms with van der Waals surface area (Å²) in [6, 6.07) is 0. The van der Waals surface area contributed by atoms with Gasteiger partial charge < -0.3 is 42.2 Å². The molecule has 0 aromatic rings. The molecule has 0 unspecified atom stereocenters. The van der Waals surface area contributed by atoms with Crippen LogP contribution in [0.2, 0.25) is 0 Å². The molecule has 0 rings (SSSR count).